The zero-order valence-electron chi connectivity index (χ0n) is 10.1. The SMILES string of the molecule is COCC(CBr)NC(=O)c1cc(Cl)cc([N+](=O)[O-])c1. The van der Waals surface area contributed by atoms with Crippen LogP contribution in [0.3, 0.4) is 0 Å². The molecular formula is C11H12BrClN2O4. The molecule has 0 aromatic heterocycles. The summed E-state index contributed by atoms with van der Waals surface area (Å²) in [5, 5.41) is 14.0. The molecule has 1 amide bonds. The molecule has 1 aromatic rings. The topological polar surface area (TPSA) is 81.5 Å². The number of carbonyl (C=O) groups excluding carboxylic acids is 1. The van der Waals surface area contributed by atoms with Crippen molar-refractivity contribution in [2.45, 2.75) is 6.04 Å². The summed E-state index contributed by atoms with van der Waals surface area (Å²) in [7, 11) is 1.52. The molecule has 104 valence electrons. The predicted octanol–water partition coefficient (Wildman–Crippen LogP) is 2.39. The van der Waals surface area contributed by atoms with Crippen molar-refractivity contribution in [3.63, 3.8) is 0 Å². The number of nitro groups is 1. The van der Waals surface area contributed by atoms with Crippen LogP contribution >= 0.6 is 27.5 Å². The first-order valence-corrected chi connectivity index (χ1v) is 6.78. The Labute approximate surface area is 123 Å². The smallest absolute Gasteiger partial charge is 0.271 e. The molecule has 1 aromatic carbocycles. The average molecular weight is 352 g/mol. The summed E-state index contributed by atoms with van der Waals surface area (Å²) < 4.78 is 4.94. The molecule has 1 unspecified atom stereocenters. The summed E-state index contributed by atoms with van der Waals surface area (Å²) in [6.45, 7) is 0.333. The van der Waals surface area contributed by atoms with E-state index in [1.807, 2.05) is 0 Å². The highest BCUT2D eigenvalue weighted by Gasteiger charge is 2.16. The van der Waals surface area contributed by atoms with Gasteiger partial charge in [-0.25, -0.2) is 0 Å². The van der Waals surface area contributed by atoms with Crippen LogP contribution in [0.15, 0.2) is 18.2 Å². The van der Waals surface area contributed by atoms with Crippen molar-refractivity contribution in [1.82, 2.24) is 5.32 Å². The Morgan fingerprint density at radius 3 is 2.79 bits per heavy atom. The molecular weight excluding hydrogens is 339 g/mol. The van der Waals surface area contributed by atoms with Gasteiger partial charge in [-0.2, -0.15) is 0 Å². The molecule has 0 aliphatic rings. The van der Waals surface area contributed by atoms with Crippen LogP contribution in [0.1, 0.15) is 10.4 Å². The van der Waals surface area contributed by atoms with Gasteiger partial charge in [-0.3, -0.25) is 14.9 Å². The van der Waals surface area contributed by atoms with Crippen LogP contribution in [0.25, 0.3) is 0 Å². The van der Waals surface area contributed by atoms with Crippen LogP contribution < -0.4 is 5.32 Å². The van der Waals surface area contributed by atoms with E-state index in [-0.39, 0.29) is 22.3 Å². The van der Waals surface area contributed by atoms with Gasteiger partial charge in [-0.05, 0) is 6.07 Å². The number of nitrogens with zero attached hydrogens (tertiary/aromatic N) is 1. The van der Waals surface area contributed by atoms with E-state index in [0.29, 0.717) is 11.9 Å². The third-order valence-electron chi connectivity index (χ3n) is 2.24. The number of hydrogen-bond acceptors (Lipinski definition) is 4. The van der Waals surface area contributed by atoms with Crippen molar-refractivity contribution in [1.29, 1.82) is 0 Å². The van der Waals surface area contributed by atoms with Crippen LogP contribution in [0.2, 0.25) is 5.02 Å². The average Bonchev–Trinajstić information content (AvgIpc) is 2.37. The number of nitro benzene ring substituents is 1. The first-order chi connectivity index (χ1) is 8.97. The first-order valence-electron chi connectivity index (χ1n) is 5.28. The molecule has 0 aliphatic heterocycles. The van der Waals surface area contributed by atoms with Crippen molar-refractivity contribution in [2.24, 2.45) is 0 Å². The molecule has 0 radical (unpaired) electrons. The highest BCUT2D eigenvalue weighted by molar-refractivity contribution is 9.09. The Bertz CT molecular complexity index is 484. The second kappa shape index (κ2) is 7.42. The Morgan fingerprint density at radius 1 is 1.58 bits per heavy atom. The maximum absolute atomic E-state index is 11.9. The molecule has 0 heterocycles. The number of nitrogens with one attached hydrogen (secondary N) is 1. The second-order valence-electron chi connectivity index (χ2n) is 3.74. The van der Waals surface area contributed by atoms with E-state index in [1.54, 1.807) is 0 Å². The molecule has 0 bridgehead atoms. The zero-order valence-corrected chi connectivity index (χ0v) is 12.4. The fourth-order valence-electron chi connectivity index (χ4n) is 1.41. The quantitative estimate of drug-likeness (QED) is 0.485. The van der Waals surface area contributed by atoms with Crippen molar-refractivity contribution in [3.05, 3.63) is 38.9 Å². The van der Waals surface area contributed by atoms with Crippen LogP contribution in [-0.4, -0.2) is 35.9 Å². The molecule has 1 N–H and O–H groups in total. The van der Waals surface area contributed by atoms with E-state index >= 15 is 0 Å². The number of ether oxygens (including phenoxy) is 1. The number of amides is 1. The Balaban J connectivity index is 2.90. The minimum absolute atomic E-state index is 0.140. The third kappa shape index (κ3) is 4.77. The minimum atomic E-state index is -0.597. The lowest BCUT2D eigenvalue weighted by Gasteiger charge is -2.15. The number of alkyl halides is 1. The summed E-state index contributed by atoms with van der Waals surface area (Å²) in [5.74, 6) is -0.438. The van der Waals surface area contributed by atoms with Crippen LogP contribution in [0.5, 0.6) is 0 Å². The van der Waals surface area contributed by atoms with Gasteiger partial charge in [0, 0.05) is 35.2 Å². The molecule has 0 aliphatic carbocycles. The van der Waals surface area contributed by atoms with Gasteiger partial charge in [0.2, 0.25) is 0 Å². The highest BCUT2D eigenvalue weighted by Crippen LogP contribution is 2.20. The lowest BCUT2D eigenvalue weighted by atomic mass is 10.2. The Kier molecular flexibility index (Phi) is 6.20. The number of carbonyl (C=O) groups is 1. The highest BCUT2D eigenvalue weighted by atomic mass is 79.9. The Morgan fingerprint density at radius 2 is 2.26 bits per heavy atom. The summed E-state index contributed by atoms with van der Waals surface area (Å²) in [6, 6.07) is 3.52. The normalized spacial score (nSPS) is 11.9. The molecule has 0 saturated carbocycles. The summed E-state index contributed by atoms with van der Waals surface area (Å²) in [6.07, 6.45) is 0. The van der Waals surface area contributed by atoms with E-state index in [1.165, 1.54) is 25.3 Å². The van der Waals surface area contributed by atoms with Crippen LogP contribution in [0, 0.1) is 10.1 Å². The number of hydrogen-bond donors (Lipinski definition) is 1. The fourth-order valence-corrected chi connectivity index (χ4v) is 1.98. The minimum Gasteiger partial charge on any atom is -0.383 e. The maximum Gasteiger partial charge on any atom is 0.271 e. The van der Waals surface area contributed by atoms with Crippen molar-refractivity contribution in [2.75, 3.05) is 19.0 Å². The lowest BCUT2D eigenvalue weighted by Crippen LogP contribution is -2.39. The van der Waals surface area contributed by atoms with Gasteiger partial charge in [-0.15, -0.1) is 0 Å². The van der Waals surface area contributed by atoms with Gasteiger partial charge in [-0.1, -0.05) is 27.5 Å². The van der Waals surface area contributed by atoms with E-state index in [9.17, 15) is 14.9 Å². The molecule has 8 heteroatoms. The van der Waals surface area contributed by atoms with Gasteiger partial charge in [0.1, 0.15) is 0 Å². The number of rotatable bonds is 6. The molecule has 0 saturated heterocycles. The number of methoxy groups -OCH3 is 1. The second-order valence-corrected chi connectivity index (χ2v) is 4.82. The van der Waals surface area contributed by atoms with E-state index < -0.39 is 10.8 Å². The Hall–Kier alpha value is -1.18. The van der Waals surface area contributed by atoms with Gasteiger partial charge >= 0.3 is 0 Å². The van der Waals surface area contributed by atoms with Crippen molar-refractivity contribution >= 4 is 39.1 Å². The van der Waals surface area contributed by atoms with Gasteiger partial charge in [0.25, 0.3) is 11.6 Å². The standard InChI is InChI=1S/C11H12BrClN2O4/c1-19-6-9(5-12)14-11(16)7-2-8(13)4-10(3-7)15(17)18/h2-4,9H,5-6H2,1H3,(H,14,16). The monoisotopic (exact) mass is 350 g/mol. The predicted molar refractivity (Wildman–Crippen MR) is 75.0 cm³/mol. The lowest BCUT2D eigenvalue weighted by molar-refractivity contribution is -0.384. The molecule has 0 fully saturated rings. The number of halogens is 2. The summed E-state index contributed by atoms with van der Waals surface area (Å²) in [4.78, 5) is 22.0. The largest absolute Gasteiger partial charge is 0.383 e. The zero-order chi connectivity index (χ0) is 14.4. The molecule has 1 atom stereocenters. The molecule has 0 spiro atoms. The van der Waals surface area contributed by atoms with Crippen molar-refractivity contribution < 1.29 is 14.5 Å². The van der Waals surface area contributed by atoms with Gasteiger partial charge in [0.15, 0.2) is 0 Å². The van der Waals surface area contributed by atoms with E-state index in [0.717, 1.165) is 0 Å². The van der Waals surface area contributed by atoms with Crippen LogP contribution in [-0.2, 0) is 4.74 Å². The van der Waals surface area contributed by atoms with Gasteiger partial charge in [0.05, 0.1) is 17.6 Å². The van der Waals surface area contributed by atoms with E-state index in [4.69, 9.17) is 16.3 Å². The fraction of sp³-hybridized carbons (Fsp3) is 0.364. The summed E-state index contributed by atoms with van der Waals surface area (Å²) in [5.41, 5.74) is -0.0824. The van der Waals surface area contributed by atoms with Crippen LogP contribution in [0.4, 0.5) is 5.69 Å². The first kappa shape index (κ1) is 15.9. The third-order valence-corrected chi connectivity index (χ3v) is 3.24. The summed E-state index contributed by atoms with van der Waals surface area (Å²) >= 11 is 8.99. The van der Waals surface area contributed by atoms with Crippen molar-refractivity contribution in [3.8, 4) is 0 Å². The van der Waals surface area contributed by atoms with Gasteiger partial charge < -0.3 is 10.1 Å². The number of benzene rings is 1. The molecule has 1 rings (SSSR count). The molecule has 6 nitrogen and oxygen atoms in total. The maximum atomic E-state index is 11.9. The molecule has 19 heavy (non-hydrogen) atoms. The number of non-ortho nitro benzene ring substituents is 1. The van der Waals surface area contributed by atoms with E-state index in [2.05, 4.69) is 21.2 Å².